The molecule has 1 saturated carbocycles. The number of benzene rings is 2. The molecule has 23 heavy (non-hydrogen) atoms. The van der Waals surface area contributed by atoms with Crippen molar-refractivity contribution in [2.24, 2.45) is 0 Å². The van der Waals surface area contributed by atoms with Crippen LogP contribution in [0.1, 0.15) is 23.1 Å². The fourth-order valence-electron chi connectivity index (χ4n) is 2.84. The fraction of sp³-hybridized carbons (Fsp3) is 0.278. The monoisotopic (exact) mass is 350 g/mol. The zero-order valence-electron chi connectivity index (χ0n) is 12.8. The highest BCUT2D eigenvalue weighted by Crippen LogP contribution is 2.65. The first-order valence-corrected chi connectivity index (χ1v) is 7.99. The molecule has 0 heterocycles. The predicted octanol–water partition coefficient (Wildman–Crippen LogP) is 5.00. The number of aryl methyl sites for hydroxylation is 2. The van der Waals surface area contributed by atoms with Gasteiger partial charge in [-0.3, -0.25) is 4.79 Å². The van der Waals surface area contributed by atoms with E-state index < -0.39 is 15.7 Å². The van der Waals surface area contributed by atoms with Crippen LogP contribution in [0, 0.1) is 13.8 Å². The van der Waals surface area contributed by atoms with Gasteiger partial charge in [0.1, 0.15) is 21.2 Å². The number of para-hydroxylation sites is 1. The zero-order chi connectivity index (χ0) is 16.8. The van der Waals surface area contributed by atoms with E-state index in [-0.39, 0.29) is 6.42 Å². The van der Waals surface area contributed by atoms with Gasteiger partial charge in [0.15, 0.2) is 0 Å². The Kier molecular flexibility index (Phi) is 3.81. The van der Waals surface area contributed by atoms with E-state index in [4.69, 9.17) is 27.9 Å². The largest absolute Gasteiger partial charge is 0.480 e. The van der Waals surface area contributed by atoms with Crippen LogP contribution >= 0.6 is 23.2 Å². The van der Waals surface area contributed by atoms with Crippen LogP contribution in [0.4, 0.5) is 0 Å². The van der Waals surface area contributed by atoms with Gasteiger partial charge in [0, 0.05) is 6.42 Å². The van der Waals surface area contributed by atoms with Gasteiger partial charge in [-0.1, -0.05) is 53.5 Å². The molecule has 3 rings (SSSR count). The molecule has 0 aromatic heterocycles. The van der Waals surface area contributed by atoms with Gasteiger partial charge in [-0.2, -0.15) is 0 Å². The lowest BCUT2D eigenvalue weighted by Gasteiger charge is -2.15. The fourth-order valence-corrected chi connectivity index (χ4v) is 3.62. The molecule has 5 heteroatoms. The summed E-state index contributed by atoms with van der Waals surface area (Å²) >= 11 is 12.1. The molecule has 120 valence electrons. The van der Waals surface area contributed by atoms with Crippen molar-refractivity contribution in [1.82, 2.24) is 0 Å². The summed E-state index contributed by atoms with van der Waals surface area (Å²) < 4.78 is 4.67. The first-order chi connectivity index (χ1) is 10.8. The first-order valence-electron chi connectivity index (χ1n) is 7.24. The maximum atomic E-state index is 11.6. The van der Waals surface area contributed by atoms with Crippen LogP contribution in [0.5, 0.6) is 11.5 Å². The first kappa shape index (κ1) is 16.2. The maximum absolute atomic E-state index is 11.6. The van der Waals surface area contributed by atoms with Crippen molar-refractivity contribution in [3.63, 3.8) is 0 Å². The third-order valence-electron chi connectivity index (χ3n) is 4.33. The van der Waals surface area contributed by atoms with Gasteiger partial charge >= 0.3 is 5.97 Å². The van der Waals surface area contributed by atoms with Crippen LogP contribution in [0.25, 0.3) is 0 Å². The zero-order valence-corrected chi connectivity index (χ0v) is 14.3. The molecule has 0 radical (unpaired) electrons. The van der Waals surface area contributed by atoms with E-state index in [2.05, 4.69) is 0 Å². The minimum Gasteiger partial charge on any atom is -0.480 e. The molecule has 1 N–H and O–H groups in total. The number of rotatable bonds is 4. The molecule has 0 saturated heterocycles. The Morgan fingerprint density at radius 1 is 1.09 bits per heavy atom. The van der Waals surface area contributed by atoms with E-state index in [1.165, 1.54) is 0 Å². The lowest BCUT2D eigenvalue weighted by Crippen LogP contribution is -2.26. The molecule has 2 aromatic rings. The SMILES string of the molecule is Cc1cccc(C)c1Oc1ccc(C2(C(=O)O)CC2(Cl)Cl)cc1. The Labute approximate surface area is 144 Å². The number of ether oxygens (including phenoxy) is 1. The average molecular weight is 351 g/mol. The maximum Gasteiger partial charge on any atom is 0.317 e. The number of halogens is 2. The lowest BCUT2D eigenvalue weighted by atomic mass is 9.96. The Bertz CT molecular complexity index is 748. The number of aliphatic carboxylic acids is 1. The van der Waals surface area contributed by atoms with E-state index in [9.17, 15) is 9.90 Å². The van der Waals surface area contributed by atoms with Crippen molar-refractivity contribution >= 4 is 29.2 Å². The van der Waals surface area contributed by atoms with Crippen LogP contribution in [0.3, 0.4) is 0 Å². The van der Waals surface area contributed by atoms with Crippen molar-refractivity contribution in [3.05, 3.63) is 59.2 Å². The van der Waals surface area contributed by atoms with E-state index >= 15 is 0 Å². The van der Waals surface area contributed by atoms with Gasteiger partial charge in [0.05, 0.1) is 0 Å². The highest BCUT2D eigenvalue weighted by molar-refractivity contribution is 6.54. The Balaban J connectivity index is 1.88. The normalized spacial score (nSPS) is 21.7. The highest BCUT2D eigenvalue weighted by Gasteiger charge is 2.72. The number of carbonyl (C=O) groups is 1. The summed E-state index contributed by atoms with van der Waals surface area (Å²) in [5.41, 5.74) is 1.44. The molecule has 0 spiro atoms. The predicted molar refractivity (Wildman–Crippen MR) is 90.8 cm³/mol. The van der Waals surface area contributed by atoms with E-state index in [0.29, 0.717) is 11.3 Å². The van der Waals surface area contributed by atoms with E-state index in [0.717, 1.165) is 16.9 Å². The van der Waals surface area contributed by atoms with E-state index in [1.807, 2.05) is 32.0 Å². The van der Waals surface area contributed by atoms with Gasteiger partial charge in [0.2, 0.25) is 0 Å². The number of hydrogen-bond acceptors (Lipinski definition) is 2. The number of carboxylic acid groups (broad SMARTS) is 1. The van der Waals surface area contributed by atoms with Crippen molar-refractivity contribution in [1.29, 1.82) is 0 Å². The molecule has 1 unspecified atom stereocenters. The van der Waals surface area contributed by atoms with Gasteiger partial charge in [-0.15, -0.1) is 0 Å². The topological polar surface area (TPSA) is 46.5 Å². The average Bonchev–Trinajstić information content (AvgIpc) is 3.08. The Hall–Kier alpha value is -1.71. The second-order valence-corrected chi connectivity index (χ2v) is 7.42. The second kappa shape index (κ2) is 5.43. The van der Waals surface area contributed by atoms with Crippen molar-refractivity contribution < 1.29 is 14.6 Å². The highest BCUT2D eigenvalue weighted by atomic mass is 35.5. The van der Waals surface area contributed by atoms with Crippen LogP contribution in [-0.4, -0.2) is 15.4 Å². The molecule has 1 fully saturated rings. The molecule has 1 aliphatic rings. The molecular weight excluding hydrogens is 335 g/mol. The summed E-state index contributed by atoms with van der Waals surface area (Å²) in [6, 6.07) is 12.9. The number of alkyl halides is 2. The standard InChI is InChI=1S/C18H16Cl2O3/c1-11-4-3-5-12(2)15(11)23-14-8-6-13(7-9-14)17(16(21)22)10-18(17,19)20/h3-9H,10H2,1-2H3,(H,21,22). The molecule has 3 nitrogen and oxygen atoms in total. The Morgan fingerprint density at radius 3 is 2.04 bits per heavy atom. The molecule has 0 amide bonds. The summed E-state index contributed by atoms with van der Waals surface area (Å²) in [5.74, 6) is 0.441. The van der Waals surface area contributed by atoms with Crippen molar-refractivity contribution in [2.45, 2.75) is 30.0 Å². The summed E-state index contributed by atoms with van der Waals surface area (Å²) in [5, 5.41) is 9.47. The number of carboxylic acids is 1. The quantitative estimate of drug-likeness (QED) is 0.789. The Morgan fingerprint density at radius 2 is 1.61 bits per heavy atom. The minimum absolute atomic E-state index is 0.204. The molecule has 1 atom stereocenters. The molecule has 0 bridgehead atoms. The van der Waals surface area contributed by atoms with Gasteiger partial charge in [-0.05, 0) is 42.7 Å². The van der Waals surface area contributed by atoms with Crippen LogP contribution in [0.15, 0.2) is 42.5 Å². The molecule has 0 aliphatic heterocycles. The molecule has 2 aromatic carbocycles. The number of hydrogen-bond donors (Lipinski definition) is 1. The van der Waals surface area contributed by atoms with Crippen LogP contribution < -0.4 is 4.74 Å². The van der Waals surface area contributed by atoms with Gasteiger partial charge in [-0.25, -0.2) is 0 Å². The minimum atomic E-state index is -1.26. The van der Waals surface area contributed by atoms with Crippen molar-refractivity contribution in [2.75, 3.05) is 0 Å². The second-order valence-electron chi connectivity index (χ2n) is 5.94. The summed E-state index contributed by atoms with van der Waals surface area (Å²) in [4.78, 5) is 11.6. The molecular formula is C18H16Cl2O3. The third kappa shape index (κ3) is 2.58. The van der Waals surface area contributed by atoms with Gasteiger partial charge < -0.3 is 9.84 Å². The van der Waals surface area contributed by atoms with Crippen LogP contribution in [-0.2, 0) is 10.2 Å². The summed E-state index contributed by atoms with van der Waals surface area (Å²) in [6.07, 6.45) is 0.204. The smallest absolute Gasteiger partial charge is 0.317 e. The molecule has 1 aliphatic carbocycles. The van der Waals surface area contributed by atoms with Crippen LogP contribution in [0.2, 0.25) is 0 Å². The summed E-state index contributed by atoms with van der Waals surface area (Å²) in [6.45, 7) is 3.96. The van der Waals surface area contributed by atoms with Gasteiger partial charge in [0.25, 0.3) is 0 Å². The lowest BCUT2D eigenvalue weighted by molar-refractivity contribution is -0.140. The summed E-state index contributed by atoms with van der Waals surface area (Å²) in [7, 11) is 0. The van der Waals surface area contributed by atoms with Crippen molar-refractivity contribution in [3.8, 4) is 11.5 Å². The van der Waals surface area contributed by atoms with E-state index in [1.54, 1.807) is 24.3 Å². The third-order valence-corrected chi connectivity index (χ3v) is 5.24.